The molecule has 0 aromatic carbocycles. The zero-order chi connectivity index (χ0) is 9.52. The summed E-state index contributed by atoms with van der Waals surface area (Å²) in [5.74, 6) is 1.50. The SMILES string of the molecule is C[C-]1CCCCN(C)CCCOC1.[Lr]. The van der Waals surface area contributed by atoms with Crippen molar-refractivity contribution in [3.63, 3.8) is 0 Å². The Morgan fingerprint density at radius 1 is 1.14 bits per heavy atom. The monoisotopic (exact) mass is 446 g/mol. The van der Waals surface area contributed by atoms with Crippen molar-refractivity contribution in [1.29, 1.82) is 0 Å². The minimum Gasteiger partial charge on any atom is -0.413 e. The van der Waals surface area contributed by atoms with E-state index in [1.54, 1.807) is 0 Å². The van der Waals surface area contributed by atoms with Crippen molar-refractivity contribution in [1.82, 2.24) is 4.90 Å². The molecule has 14 heavy (non-hydrogen) atoms. The molecule has 0 N–H and O–H groups in total. The molecule has 0 atom stereocenters. The predicted molar refractivity (Wildman–Crippen MR) is 55.7 cm³/mol. The fourth-order valence-electron chi connectivity index (χ4n) is 1.68. The Morgan fingerprint density at radius 2 is 1.86 bits per heavy atom. The van der Waals surface area contributed by atoms with Crippen LogP contribution < -0.4 is 0 Å². The van der Waals surface area contributed by atoms with Crippen LogP contribution in [0.2, 0.25) is 0 Å². The van der Waals surface area contributed by atoms with Gasteiger partial charge in [0.25, 0.3) is 0 Å². The zero-order valence-electron chi connectivity index (χ0n) is 9.27. The average Bonchev–Trinajstić information content (AvgIpc) is 2.14. The van der Waals surface area contributed by atoms with Crippen molar-refractivity contribution in [2.45, 2.75) is 32.6 Å². The third kappa shape index (κ3) is 5.55. The third-order valence-electron chi connectivity index (χ3n) is 2.57. The first-order chi connectivity index (χ1) is 6.29. The van der Waals surface area contributed by atoms with Crippen LogP contribution in [0.15, 0.2) is 0 Å². The first kappa shape index (κ1) is 12.9. The number of rotatable bonds is 0. The minimum atomic E-state index is 0. The summed E-state index contributed by atoms with van der Waals surface area (Å²) in [7, 11) is 2.20. The Labute approximate surface area is 82.3 Å². The molecule has 0 unspecified atom stereocenters. The van der Waals surface area contributed by atoms with Crippen LogP contribution in [0.3, 0.4) is 0 Å². The van der Waals surface area contributed by atoms with Crippen molar-refractivity contribution in [2.24, 2.45) is 0 Å². The first-order valence-corrected chi connectivity index (χ1v) is 5.36. The molecule has 0 aromatic rings. The Kier molecular flexibility index (Phi) is 6.77. The van der Waals surface area contributed by atoms with E-state index in [0.717, 1.165) is 13.2 Å². The molecule has 1 rings (SSSR count). The molecule has 0 bridgehead atoms. The predicted octanol–water partition coefficient (Wildman–Crippen LogP) is 2.10. The molecular weight excluding hydrogens is 424 g/mol. The van der Waals surface area contributed by atoms with Gasteiger partial charge in [0.2, 0.25) is 0 Å². The largest absolute Gasteiger partial charge is 0.413 e. The third-order valence-corrected chi connectivity index (χ3v) is 2.57. The van der Waals surface area contributed by atoms with Gasteiger partial charge in [0.15, 0.2) is 0 Å². The van der Waals surface area contributed by atoms with Gasteiger partial charge in [-0.3, -0.25) is 5.92 Å². The molecular formula is C11H22LrNO-. The summed E-state index contributed by atoms with van der Waals surface area (Å²) in [6, 6.07) is 0. The summed E-state index contributed by atoms with van der Waals surface area (Å²) in [5.41, 5.74) is 0. The molecule has 1 aliphatic heterocycles. The molecule has 1 aliphatic rings. The van der Waals surface area contributed by atoms with Gasteiger partial charge in [-0.05, 0) is 26.4 Å². The van der Waals surface area contributed by atoms with E-state index in [-0.39, 0.29) is 0 Å². The van der Waals surface area contributed by atoms with Crippen LogP contribution in [0.25, 0.3) is 0 Å². The quantitative estimate of drug-likeness (QED) is 0.529. The molecule has 93 valence electrons. The van der Waals surface area contributed by atoms with Crippen molar-refractivity contribution in [2.75, 3.05) is 33.4 Å². The van der Waals surface area contributed by atoms with Crippen LogP contribution >= 0.6 is 0 Å². The smallest absolute Gasteiger partial charge is 0.0442 e. The van der Waals surface area contributed by atoms with Crippen LogP contribution in [0.4, 0.5) is 0 Å². The molecule has 0 amide bonds. The zero-order valence-corrected chi connectivity index (χ0v) is 11.4. The minimum absolute atomic E-state index is 0. The van der Waals surface area contributed by atoms with Crippen LogP contribution in [0.5, 0.6) is 0 Å². The standard InChI is InChI=1S/C11H22NO.Lr/c1-11-6-3-4-7-12(2)8-5-9-13-10-11;/h3-10H2,1-2H3;/q-1;. The van der Waals surface area contributed by atoms with E-state index in [4.69, 9.17) is 4.74 Å². The van der Waals surface area contributed by atoms with Gasteiger partial charge in [0.05, 0.1) is 0 Å². The molecule has 1 saturated heterocycles. The Balaban J connectivity index is 0.00000169. The number of hydrogen-bond acceptors (Lipinski definition) is 2. The van der Waals surface area contributed by atoms with Crippen LogP contribution in [0.1, 0.15) is 32.6 Å². The normalized spacial score (nSPS) is 23.6. The van der Waals surface area contributed by atoms with Gasteiger partial charge in [-0.25, -0.2) is 0 Å². The first-order valence-electron chi connectivity index (χ1n) is 5.36. The van der Waals surface area contributed by atoms with E-state index in [9.17, 15) is 0 Å². The van der Waals surface area contributed by atoms with Crippen LogP contribution in [-0.2, 0) is 4.74 Å². The second-order valence-electron chi connectivity index (χ2n) is 4.12. The summed E-state index contributed by atoms with van der Waals surface area (Å²) in [5, 5.41) is 0. The maximum absolute atomic E-state index is 5.56. The van der Waals surface area contributed by atoms with Gasteiger partial charge in [0, 0.05) is 13.2 Å². The molecule has 0 saturated carbocycles. The molecule has 2 nitrogen and oxygen atoms in total. The number of nitrogens with zero attached hydrogens (tertiary/aromatic N) is 1. The van der Waals surface area contributed by atoms with Gasteiger partial charge in [0.1, 0.15) is 0 Å². The molecule has 1 radical (unpaired) electrons. The van der Waals surface area contributed by atoms with Gasteiger partial charge in [-0.1, -0.05) is 13.0 Å². The van der Waals surface area contributed by atoms with E-state index in [1.165, 1.54) is 44.7 Å². The van der Waals surface area contributed by atoms with E-state index in [2.05, 4.69) is 18.9 Å². The summed E-state index contributed by atoms with van der Waals surface area (Å²) >= 11 is 0. The van der Waals surface area contributed by atoms with Gasteiger partial charge in [-0.2, -0.15) is 13.3 Å². The second-order valence-corrected chi connectivity index (χ2v) is 4.12. The molecule has 3 heteroatoms. The molecule has 0 aliphatic carbocycles. The van der Waals surface area contributed by atoms with E-state index < -0.39 is 0 Å². The van der Waals surface area contributed by atoms with Crippen molar-refractivity contribution in [3.8, 4) is 0 Å². The fraction of sp³-hybridized carbons (Fsp3) is 0.909. The van der Waals surface area contributed by atoms with Crippen molar-refractivity contribution < 1.29 is 4.74 Å². The van der Waals surface area contributed by atoms with E-state index >= 15 is 0 Å². The van der Waals surface area contributed by atoms with Gasteiger partial charge in [-0.15, -0.1) is 0 Å². The van der Waals surface area contributed by atoms with Crippen LogP contribution in [0, 0.1) is 5.92 Å². The maximum atomic E-state index is 5.56. The average molecular weight is 446 g/mol. The summed E-state index contributed by atoms with van der Waals surface area (Å²) in [6.45, 7) is 6.43. The van der Waals surface area contributed by atoms with Crippen LogP contribution in [-0.4, -0.2) is 38.3 Å². The fourth-order valence-corrected chi connectivity index (χ4v) is 1.68. The summed E-state index contributed by atoms with van der Waals surface area (Å²) < 4.78 is 5.56. The Hall–Kier alpha value is -1.08. The molecule has 1 heterocycles. The number of ether oxygens (including phenoxy) is 1. The molecule has 0 aromatic heterocycles. The topological polar surface area (TPSA) is 12.5 Å². The second kappa shape index (κ2) is 7.34. The van der Waals surface area contributed by atoms with Gasteiger partial charge < -0.3 is 9.64 Å². The summed E-state index contributed by atoms with van der Waals surface area (Å²) in [6.07, 6.45) is 5.06. The molecule has 1 fully saturated rings. The van der Waals surface area contributed by atoms with Crippen molar-refractivity contribution in [3.05, 3.63) is 5.92 Å². The summed E-state index contributed by atoms with van der Waals surface area (Å²) in [4.78, 5) is 2.41. The Morgan fingerprint density at radius 3 is 2.64 bits per heavy atom. The number of hydrogen-bond donors (Lipinski definition) is 0. The van der Waals surface area contributed by atoms with Gasteiger partial charge >= 0.3 is 0 Å². The Bertz CT molecular complexity index is 118. The van der Waals surface area contributed by atoms with E-state index in [1.807, 2.05) is 0 Å². The molecule has 0 spiro atoms. The van der Waals surface area contributed by atoms with E-state index in [0.29, 0.717) is 0 Å². The van der Waals surface area contributed by atoms with Crippen molar-refractivity contribution >= 4 is 0 Å². The maximum Gasteiger partial charge on any atom is 0.0442 e.